The first-order valence-corrected chi connectivity index (χ1v) is 2.26. The van der Waals surface area contributed by atoms with Crippen molar-refractivity contribution < 1.29 is 22.3 Å². The summed E-state index contributed by atoms with van der Waals surface area (Å²) < 4.78 is 47.9. The normalized spacial score (nSPS) is 12.7. The second kappa shape index (κ2) is 3.22. The highest BCUT2D eigenvalue weighted by atomic mass is 35.5. The number of ether oxygens (including phenoxy) is 1. The standard InChI is InChI=1S/C3H3ClF4O/c4-3(7,8)1-9-2(5)6/h2H,1H2. The van der Waals surface area contributed by atoms with Crippen LogP contribution in [0.3, 0.4) is 0 Å². The van der Waals surface area contributed by atoms with Crippen LogP contribution in [0.15, 0.2) is 0 Å². The summed E-state index contributed by atoms with van der Waals surface area (Å²) in [5.74, 6) is 0. The molecule has 0 N–H and O–H groups in total. The molecule has 0 amide bonds. The van der Waals surface area contributed by atoms with Crippen molar-refractivity contribution in [3.8, 4) is 0 Å². The maximum absolute atomic E-state index is 11.4. The van der Waals surface area contributed by atoms with Crippen LogP contribution in [-0.4, -0.2) is 18.6 Å². The summed E-state index contributed by atoms with van der Waals surface area (Å²) in [5, 5.41) is -3.70. The first-order chi connectivity index (χ1) is 3.92. The molecule has 9 heavy (non-hydrogen) atoms. The number of alkyl halides is 5. The molecule has 0 aliphatic carbocycles. The highest BCUT2D eigenvalue weighted by Gasteiger charge is 2.26. The summed E-state index contributed by atoms with van der Waals surface area (Å²) in [6.45, 7) is -4.67. The first-order valence-electron chi connectivity index (χ1n) is 1.88. The summed E-state index contributed by atoms with van der Waals surface area (Å²) in [6.07, 6.45) is 0. The Morgan fingerprint density at radius 2 is 1.89 bits per heavy atom. The van der Waals surface area contributed by atoms with Crippen LogP contribution in [0.4, 0.5) is 17.6 Å². The molecule has 56 valence electrons. The summed E-state index contributed by atoms with van der Waals surface area (Å²) >= 11 is 4.19. The SMILES string of the molecule is FC(F)OCC(F)(F)Cl. The van der Waals surface area contributed by atoms with Crippen molar-refractivity contribution in [3.63, 3.8) is 0 Å². The number of hydrogen-bond donors (Lipinski definition) is 0. The fourth-order valence-electron chi connectivity index (χ4n) is 0.157. The quantitative estimate of drug-likeness (QED) is 0.461. The van der Waals surface area contributed by atoms with Crippen LogP contribution in [0.2, 0.25) is 0 Å². The fraction of sp³-hybridized carbons (Fsp3) is 1.00. The molecule has 0 radical (unpaired) electrons. The molecule has 0 atom stereocenters. The van der Waals surface area contributed by atoms with E-state index in [-0.39, 0.29) is 0 Å². The van der Waals surface area contributed by atoms with Gasteiger partial charge in [0.2, 0.25) is 0 Å². The van der Waals surface area contributed by atoms with Crippen LogP contribution in [0.5, 0.6) is 0 Å². The van der Waals surface area contributed by atoms with Crippen LogP contribution < -0.4 is 0 Å². The van der Waals surface area contributed by atoms with E-state index in [1.165, 1.54) is 0 Å². The maximum atomic E-state index is 11.4. The molecule has 0 aliphatic rings. The number of halogens is 5. The van der Waals surface area contributed by atoms with Gasteiger partial charge in [-0.05, 0) is 11.6 Å². The van der Waals surface area contributed by atoms with Gasteiger partial charge < -0.3 is 4.74 Å². The van der Waals surface area contributed by atoms with Crippen molar-refractivity contribution in [3.05, 3.63) is 0 Å². The Kier molecular flexibility index (Phi) is 3.21. The van der Waals surface area contributed by atoms with Crippen molar-refractivity contribution in [2.75, 3.05) is 6.61 Å². The molecule has 0 spiro atoms. The lowest BCUT2D eigenvalue weighted by Gasteiger charge is -2.06. The van der Waals surface area contributed by atoms with E-state index in [1.54, 1.807) is 0 Å². The van der Waals surface area contributed by atoms with E-state index in [2.05, 4.69) is 16.3 Å². The third-order valence-electron chi connectivity index (χ3n) is 0.373. The van der Waals surface area contributed by atoms with Gasteiger partial charge in [-0.2, -0.15) is 17.6 Å². The van der Waals surface area contributed by atoms with Gasteiger partial charge in [0, 0.05) is 0 Å². The summed E-state index contributed by atoms with van der Waals surface area (Å²) in [5.41, 5.74) is 0. The Labute approximate surface area is 53.5 Å². The molecule has 0 rings (SSSR count). The van der Waals surface area contributed by atoms with E-state index >= 15 is 0 Å². The predicted octanol–water partition coefficient (Wildman–Crippen LogP) is 2.06. The lowest BCUT2D eigenvalue weighted by atomic mass is 10.8. The molecule has 0 bridgehead atoms. The summed E-state index contributed by atoms with van der Waals surface area (Å²) in [7, 11) is 0. The summed E-state index contributed by atoms with van der Waals surface area (Å²) in [6, 6.07) is 0. The van der Waals surface area contributed by atoms with Gasteiger partial charge in [-0.3, -0.25) is 0 Å². The molecule has 1 nitrogen and oxygen atoms in total. The van der Waals surface area contributed by atoms with Gasteiger partial charge in [-0.1, -0.05) is 0 Å². The van der Waals surface area contributed by atoms with Crippen LogP contribution in [0, 0.1) is 0 Å². The van der Waals surface area contributed by atoms with Crippen LogP contribution in [0.25, 0.3) is 0 Å². The van der Waals surface area contributed by atoms with E-state index in [0.717, 1.165) is 0 Å². The van der Waals surface area contributed by atoms with Gasteiger partial charge in [0.25, 0.3) is 0 Å². The fourth-order valence-corrected chi connectivity index (χ4v) is 0.220. The molecular weight excluding hydrogens is 163 g/mol. The molecule has 0 saturated carbocycles. The van der Waals surface area contributed by atoms with E-state index in [9.17, 15) is 17.6 Å². The third-order valence-corrected chi connectivity index (χ3v) is 0.482. The van der Waals surface area contributed by atoms with E-state index in [0.29, 0.717) is 0 Å². The first kappa shape index (κ1) is 8.97. The van der Waals surface area contributed by atoms with Crippen LogP contribution >= 0.6 is 11.6 Å². The van der Waals surface area contributed by atoms with E-state index in [1.807, 2.05) is 0 Å². The van der Waals surface area contributed by atoms with Gasteiger partial charge in [-0.15, -0.1) is 0 Å². The Bertz CT molecular complexity index is 80.4. The number of hydrogen-bond acceptors (Lipinski definition) is 1. The Balaban J connectivity index is 3.28. The lowest BCUT2D eigenvalue weighted by molar-refractivity contribution is -0.161. The van der Waals surface area contributed by atoms with Crippen molar-refractivity contribution in [1.82, 2.24) is 0 Å². The molecule has 6 heteroatoms. The minimum absolute atomic E-state index is 1.47. The minimum Gasteiger partial charge on any atom is -0.315 e. The molecule has 0 saturated heterocycles. The lowest BCUT2D eigenvalue weighted by Crippen LogP contribution is -2.17. The monoisotopic (exact) mass is 166 g/mol. The highest BCUT2D eigenvalue weighted by molar-refractivity contribution is 6.21. The second-order valence-electron chi connectivity index (χ2n) is 1.19. The molecule has 0 fully saturated rings. The number of rotatable bonds is 3. The summed E-state index contributed by atoms with van der Waals surface area (Å²) in [4.78, 5) is 0. The van der Waals surface area contributed by atoms with E-state index in [4.69, 9.17) is 0 Å². The van der Waals surface area contributed by atoms with Crippen molar-refractivity contribution in [2.45, 2.75) is 12.0 Å². The second-order valence-corrected chi connectivity index (χ2v) is 1.74. The van der Waals surface area contributed by atoms with Crippen LogP contribution in [0.1, 0.15) is 0 Å². The van der Waals surface area contributed by atoms with Crippen molar-refractivity contribution in [2.24, 2.45) is 0 Å². The zero-order chi connectivity index (χ0) is 7.49. The average molecular weight is 167 g/mol. The van der Waals surface area contributed by atoms with Gasteiger partial charge >= 0.3 is 12.0 Å². The Morgan fingerprint density at radius 3 is 2.00 bits per heavy atom. The molecular formula is C3H3ClF4O. The molecule has 0 aliphatic heterocycles. The third kappa shape index (κ3) is 7.97. The molecule has 0 aromatic carbocycles. The molecule has 0 aromatic heterocycles. The van der Waals surface area contributed by atoms with Crippen molar-refractivity contribution >= 4 is 11.6 Å². The van der Waals surface area contributed by atoms with E-state index < -0.39 is 18.6 Å². The highest BCUT2D eigenvalue weighted by Crippen LogP contribution is 2.19. The van der Waals surface area contributed by atoms with Crippen LogP contribution in [-0.2, 0) is 4.74 Å². The molecule has 0 aromatic rings. The van der Waals surface area contributed by atoms with Gasteiger partial charge in [-0.25, -0.2) is 0 Å². The topological polar surface area (TPSA) is 9.23 Å². The Hall–Kier alpha value is -0.0300. The average Bonchev–Trinajstić information content (AvgIpc) is 1.59. The van der Waals surface area contributed by atoms with Gasteiger partial charge in [0.15, 0.2) is 0 Å². The Morgan fingerprint density at radius 1 is 1.44 bits per heavy atom. The molecule has 0 heterocycles. The van der Waals surface area contributed by atoms with Gasteiger partial charge in [0.05, 0.1) is 0 Å². The zero-order valence-corrected chi connectivity index (χ0v) is 4.84. The predicted molar refractivity (Wildman–Crippen MR) is 22.8 cm³/mol. The maximum Gasteiger partial charge on any atom is 0.345 e. The van der Waals surface area contributed by atoms with Gasteiger partial charge in [0.1, 0.15) is 6.61 Å². The zero-order valence-electron chi connectivity index (χ0n) is 4.08. The molecule has 0 unspecified atom stereocenters. The minimum atomic E-state index is -3.70. The smallest absolute Gasteiger partial charge is 0.315 e. The largest absolute Gasteiger partial charge is 0.345 e. The van der Waals surface area contributed by atoms with Crippen molar-refractivity contribution in [1.29, 1.82) is 0 Å².